The summed E-state index contributed by atoms with van der Waals surface area (Å²) in [4.78, 5) is 11.1. The van der Waals surface area contributed by atoms with E-state index >= 15 is 0 Å². The molecule has 2 N–H and O–H groups in total. The van der Waals surface area contributed by atoms with Crippen molar-refractivity contribution in [1.29, 1.82) is 0 Å². The molecule has 1 aromatic carbocycles. The molecule has 0 aliphatic heterocycles. The number of hydrogen-bond acceptors (Lipinski definition) is 4. The van der Waals surface area contributed by atoms with Crippen LogP contribution >= 0.6 is 0 Å². The van der Waals surface area contributed by atoms with Crippen LogP contribution in [0.1, 0.15) is 21.6 Å². The second-order valence-electron chi connectivity index (χ2n) is 4.15. The normalized spacial score (nSPS) is 10.6. The van der Waals surface area contributed by atoms with Crippen molar-refractivity contribution in [2.75, 3.05) is 7.11 Å². The lowest BCUT2D eigenvalue weighted by atomic mass is 10.2. The Morgan fingerprint density at radius 1 is 1.47 bits per heavy atom. The first-order chi connectivity index (χ1) is 9.04. The highest BCUT2D eigenvalue weighted by Gasteiger charge is 2.19. The summed E-state index contributed by atoms with van der Waals surface area (Å²) in [5, 5.41) is 23.0. The van der Waals surface area contributed by atoms with Gasteiger partial charge in [0.15, 0.2) is 0 Å². The largest absolute Gasteiger partial charge is 0.506 e. The SMILES string of the molecule is COCc1c(C(=O)O)cnn1-c1cc(C)ccc1O. The predicted octanol–water partition coefficient (Wildman–Crippen LogP) is 1.73. The highest BCUT2D eigenvalue weighted by molar-refractivity contribution is 5.88. The first-order valence-corrected chi connectivity index (χ1v) is 5.63. The lowest BCUT2D eigenvalue weighted by molar-refractivity contribution is 0.0691. The van der Waals surface area contributed by atoms with Crippen LogP contribution in [0.5, 0.6) is 5.75 Å². The molecular formula is C13H14N2O4. The minimum Gasteiger partial charge on any atom is -0.506 e. The zero-order valence-electron chi connectivity index (χ0n) is 10.6. The van der Waals surface area contributed by atoms with Gasteiger partial charge in [0.2, 0.25) is 0 Å². The number of aryl methyl sites for hydroxylation is 1. The summed E-state index contributed by atoms with van der Waals surface area (Å²) in [7, 11) is 1.47. The van der Waals surface area contributed by atoms with E-state index < -0.39 is 5.97 Å². The van der Waals surface area contributed by atoms with Gasteiger partial charge in [0.05, 0.1) is 18.5 Å². The number of ether oxygens (including phenoxy) is 1. The van der Waals surface area contributed by atoms with Crippen LogP contribution in [0.25, 0.3) is 5.69 Å². The van der Waals surface area contributed by atoms with Crippen LogP contribution in [-0.4, -0.2) is 33.1 Å². The molecule has 0 aliphatic carbocycles. The van der Waals surface area contributed by atoms with Crippen LogP contribution in [0.3, 0.4) is 0 Å². The molecule has 100 valence electrons. The number of aromatic carboxylic acids is 1. The van der Waals surface area contributed by atoms with E-state index in [0.717, 1.165) is 5.56 Å². The van der Waals surface area contributed by atoms with E-state index in [0.29, 0.717) is 11.4 Å². The standard InChI is InChI=1S/C13H14N2O4/c1-8-3-4-12(16)10(5-8)15-11(7-19-2)9(6-14-15)13(17)18/h3-6,16H,7H2,1-2H3,(H,17,18). The number of aromatic hydroxyl groups is 1. The first kappa shape index (κ1) is 13.1. The van der Waals surface area contributed by atoms with Gasteiger partial charge in [-0.05, 0) is 24.6 Å². The van der Waals surface area contributed by atoms with Crippen LogP contribution in [0.15, 0.2) is 24.4 Å². The third-order valence-corrected chi connectivity index (χ3v) is 2.74. The minimum absolute atomic E-state index is 0.0305. The molecule has 0 aliphatic rings. The highest BCUT2D eigenvalue weighted by atomic mass is 16.5. The molecule has 0 atom stereocenters. The second kappa shape index (κ2) is 5.11. The molecule has 0 unspecified atom stereocenters. The number of rotatable bonds is 4. The average Bonchev–Trinajstić information content (AvgIpc) is 2.76. The lowest BCUT2D eigenvalue weighted by Gasteiger charge is -2.10. The van der Waals surface area contributed by atoms with Crippen molar-refractivity contribution in [2.45, 2.75) is 13.5 Å². The maximum Gasteiger partial charge on any atom is 0.339 e. The third kappa shape index (κ3) is 2.43. The Kier molecular flexibility index (Phi) is 3.52. The van der Waals surface area contributed by atoms with E-state index in [4.69, 9.17) is 9.84 Å². The van der Waals surface area contributed by atoms with Gasteiger partial charge in [-0.2, -0.15) is 5.10 Å². The molecule has 1 heterocycles. The number of carboxylic acid groups (broad SMARTS) is 1. The van der Waals surface area contributed by atoms with Gasteiger partial charge in [0, 0.05) is 7.11 Å². The van der Waals surface area contributed by atoms with E-state index in [1.807, 2.05) is 6.92 Å². The topological polar surface area (TPSA) is 84.6 Å². The van der Waals surface area contributed by atoms with Crippen molar-refractivity contribution in [2.24, 2.45) is 0 Å². The molecule has 0 saturated heterocycles. The van der Waals surface area contributed by atoms with Gasteiger partial charge < -0.3 is 14.9 Å². The third-order valence-electron chi connectivity index (χ3n) is 2.74. The number of hydrogen-bond donors (Lipinski definition) is 2. The Bertz CT molecular complexity index is 619. The molecule has 0 saturated carbocycles. The van der Waals surface area contributed by atoms with Gasteiger partial charge >= 0.3 is 5.97 Å². The number of phenols is 1. The minimum atomic E-state index is -1.08. The molecule has 2 rings (SSSR count). The summed E-state index contributed by atoms with van der Waals surface area (Å²) in [5.41, 5.74) is 1.81. The number of carboxylic acids is 1. The Hall–Kier alpha value is -2.34. The Balaban J connectivity index is 2.61. The maximum absolute atomic E-state index is 11.1. The molecule has 1 aromatic heterocycles. The van der Waals surface area contributed by atoms with Gasteiger partial charge in [0.1, 0.15) is 17.0 Å². The number of benzene rings is 1. The van der Waals surface area contributed by atoms with Crippen molar-refractivity contribution in [3.63, 3.8) is 0 Å². The molecule has 0 radical (unpaired) electrons. The summed E-state index contributed by atoms with van der Waals surface area (Å²) >= 11 is 0. The monoisotopic (exact) mass is 262 g/mol. The summed E-state index contributed by atoms with van der Waals surface area (Å²) in [6.45, 7) is 1.97. The number of aromatic nitrogens is 2. The van der Waals surface area contributed by atoms with Crippen molar-refractivity contribution in [3.05, 3.63) is 41.2 Å². The fraction of sp³-hybridized carbons (Fsp3) is 0.231. The Morgan fingerprint density at radius 2 is 2.21 bits per heavy atom. The lowest BCUT2D eigenvalue weighted by Crippen LogP contribution is -2.08. The number of methoxy groups -OCH3 is 1. The summed E-state index contributed by atoms with van der Waals surface area (Å²) in [6.07, 6.45) is 1.25. The highest BCUT2D eigenvalue weighted by Crippen LogP contribution is 2.25. The van der Waals surface area contributed by atoms with E-state index in [9.17, 15) is 9.90 Å². The summed E-state index contributed by atoms with van der Waals surface area (Å²) in [6, 6.07) is 5.03. The number of nitrogens with zero attached hydrogens (tertiary/aromatic N) is 2. The van der Waals surface area contributed by atoms with Crippen LogP contribution in [-0.2, 0) is 11.3 Å². The van der Waals surface area contributed by atoms with E-state index in [-0.39, 0.29) is 17.9 Å². The fourth-order valence-corrected chi connectivity index (χ4v) is 1.84. The molecule has 0 bridgehead atoms. The van der Waals surface area contributed by atoms with E-state index in [1.165, 1.54) is 18.0 Å². The van der Waals surface area contributed by atoms with Gasteiger partial charge in [0.25, 0.3) is 0 Å². The second-order valence-corrected chi connectivity index (χ2v) is 4.15. The Labute approximate surface area is 109 Å². The molecule has 0 amide bonds. The molecule has 2 aromatic rings. The van der Waals surface area contributed by atoms with Gasteiger partial charge in [-0.1, -0.05) is 6.07 Å². The van der Waals surface area contributed by atoms with E-state index in [1.54, 1.807) is 18.2 Å². The van der Waals surface area contributed by atoms with Crippen LogP contribution < -0.4 is 0 Å². The summed E-state index contributed by atoms with van der Waals surface area (Å²) < 4.78 is 6.39. The molecule has 0 spiro atoms. The molecule has 19 heavy (non-hydrogen) atoms. The van der Waals surface area contributed by atoms with Gasteiger partial charge in [-0.3, -0.25) is 0 Å². The molecule has 6 heteroatoms. The molecule has 6 nitrogen and oxygen atoms in total. The van der Waals surface area contributed by atoms with Crippen LogP contribution in [0.2, 0.25) is 0 Å². The van der Waals surface area contributed by atoms with Crippen molar-refractivity contribution < 1.29 is 19.7 Å². The van der Waals surface area contributed by atoms with Crippen molar-refractivity contribution in [3.8, 4) is 11.4 Å². The Morgan fingerprint density at radius 3 is 2.84 bits per heavy atom. The predicted molar refractivity (Wildman–Crippen MR) is 67.6 cm³/mol. The maximum atomic E-state index is 11.1. The smallest absolute Gasteiger partial charge is 0.339 e. The van der Waals surface area contributed by atoms with Crippen LogP contribution in [0.4, 0.5) is 0 Å². The van der Waals surface area contributed by atoms with Gasteiger partial charge in [-0.25, -0.2) is 9.48 Å². The first-order valence-electron chi connectivity index (χ1n) is 5.63. The molecule has 0 fully saturated rings. The quantitative estimate of drug-likeness (QED) is 0.876. The van der Waals surface area contributed by atoms with Crippen molar-refractivity contribution >= 4 is 5.97 Å². The average molecular weight is 262 g/mol. The van der Waals surface area contributed by atoms with E-state index in [2.05, 4.69) is 5.10 Å². The fourth-order valence-electron chi connectivity index (χ4n) is 1.84. The number of phenolic OH excluding ortho intramolecular Hbond substituents is 1. The number of carbonyl (C=O) groups is 1. The zero-order chi connectivity index (χ0) is 14.0. The summed E-state index contributed by atoms with van der Waals surface area (Å²) in [5.74, 6) is -1.05. The zero-order valence-corrected chi connectivity index (χ0v) is 10.6. The molecular weight excluding hydrogens is 248 g/mol. The van der Waals surface area contributed by atoms with Crippen molar-refractivity contribution in [1.82, 2.24) is 9.78 Å². The van der Waals surface area contributed by atoms with Gasteiger partial charge in [-0.15, -0.1) is 0 Å². The van der Waals surface area contributed by atoms with Crippen LogP contribution in [0, 0.1) is 6.92 Å².